The monoisotopic (exact) mass is 581 g/mol. The van der Waals surface area contributed by atoms with Crippen LogP contribution in [0.1, 0.15) is 19.5 Å². The van der Waals surface area contributed by atoms with Gasteiger partial charge in [0.05, 0.1) is 42.8 Å². The fourth-order valence-corrected chi connectivity index (χ4v) is 4.92. The van der Waals surface area contributed by atoms with Gasteiger partial charge in [-0.3, -0.25) is 15.3 Å². The number of benzene rings is 2. The van der Waals surface area contributed by atoms with Gasteiger partial charge >= 0.3 is 6.03 Å². The van der Waals surface area contributed by atoms with E-state index in [4.69, 9.17) is 9.47 Å². The number of para-hydroxylation sites is 1. The Balaban J connectivity index is 1.57. The van der Waals surface area contributed by atoms with E-state index in [1.54, 1.807) is 58.0 Å². The molecular weight excluding hydrogens is 550 g/mol. The second-order valence-corrected chi connectivity index (χ2v) is 10.6. The number of aliphatic imine (C=N–C) groups is 2. The molecule has 0 atom stereocenters. The smallest absolute Gasteiger partial charge is 0.324 e. The Labute approximate surface area is 249 Å². The van der Waals surface area contributed by atoms with Crippen LogP contribution >= 0.6 is 11.8 Å². The number of aromatic nitrogens is 2. The van der Waals surface area contributed by atoms with Crippen molar-refractivity contribution in [1.29, 1.82) is 5.26 Å². The van der Waals surface area contributed by atoms with Crippen molar-refractivity contribution >= 4 is 41.7 Å². The molecule has 0 saturated carbocycles. The molecule has 0 unspecified atom stereocenters. The van der Waals surface area contributed by atoms with Crippen LogP contribution in [0.15, 0.2) is 110 Å². The van der Waals surface area contributed by atoms with Crippen LogP contribution in [0.25, 0.3) is 5.69 Å². The highest BCUT2D eigenvalue weighted by Crippen LogP contribution is 2.35. The largest absolute Gasteiger partial charge is 0.493 e. The molecule has 2 aromatic carbocycles. The molecule has 10 nitrogen and oxygen atoms in total. The summed E-state index contributed by atoms with van der Waals surface area (Å²) < 4.78 is 12.5. The summed E-state index contributed by atoms with van der Waals surface area (Å²) in [6, 6.07) is 20.3. The van der Waals surface area contributed by atoms with Crippen LogP contribution in [0, 0.1) is 11.3 Å². The number of rotatable bonds is 9. The summed E-state index contributed by atoms with van der Waals surface area (Å²) in [6.45, 7) is 7.31. The van der Waals surface area contributed by atoms with Crippen LogP contribution in [-0.2, 0) is 14.9 Å². The number of allylic oxidation sites excluding steroid dienone is 3. The average molecular weight is 582 g/mol. The number of ether oxygens (including phenoxy) is 2. The van der Waals surface area contributed by atoms with Crippen molar-refractivity contribution in [2.75, 3.05) is 31.9 Å². The fraction of sp³-hybridized carbons (Fsp3) is 0.194. The van der Waals surface area contributed by atoms with Crippen LogP contribution in [0.5, 0.6) is 0 Å². The van der Waals surface area contributed by atoms with Crippen LogP contribution in [0.3, 0.4) is 0 Å². The SMILES string of the molecule is C=N/C(Sc1cccc(NC(=O)Nc2cc(C(C)(C)C#N)nn2-c2ccccc2)c1)=C1/C=C(OC)C(OC)=CC1=NC. The lowest BCUT2D eigenvalue weighted by Crippen LogP contribution is -2.21. The molecule has 0 aliphatic heterocycles. The van der Waals surface area contributed by atoms with Crippen molar-refractivity contribution in [3.05, 3.63) is 101 Å². The lowest BCUT2D eigenvalue weighted by molar-refractivity contribution is 0.220. The third-order valence-electron chi connectivity index (χ3n) is 6.29. The number of carbonyl (C=O) groups excluding carboxylic acids is 1. The first-order chi connectivity index (χ1) is 20.2. The first-order valence-corrected chi connectivity index (χ1v) is 13.7. The van der Waals surface area contributed by atoms with Gasteiger partial charge in [-0.2, -0.15) is 10.4 Å². The summed E-state index contributed by atoms with van der Waals surface area (Å²) in [5.74, 6) is 1.53. The number of carbonyl (C=O) groups is 1. The molecule has 0 fully saturated rings. The summed E-state index contributed by atoms with van der Waals surface area (Å²) >= 11 is 1.37. The van der Waals surface area contributed by atoms with Crippen molar-refractivity contribution in [2.24, 2.45) is 9.98 Å². The summed E-state index contributed by atoms with van der Waals surface area (Å²) in [4.78, 5) is 22.5. The Morgan fingerprint density at radius 3 is 2.40 bits per heavy atom. The third kappa shape index (κ3) is 6.62. The zero-order valence-corrected chi connectivity index (χ0v) is 24.8. The Hall–Kier alpha value is -5.08. The molecule has 0 bridgehead atoms. The van der Waals surface area contributed by atoms with E-state index in [2.05, 4.69) is 38.5 Å². The molecule has 4 rings (SSSR count). The molecule has 214 valence electrons. The summed E-state index contributed by atoms with van der Waals surface area (Å²) in [5.41, 5.74) is 2.42. The van der Waals surface area contributed by atoms with Crippen LogP contribution in [0.2, 0.25) is 0 Å². The highest BCUT2D eigenvalue weighted by atomic mass is 32.2. The van der Waals surface area contributed by atoms with Gasteiger partial charge in [0, 0.05) is 35.3 Å². The van der Waals surface area contributed by atoms with E-state index >= 15 is 0 Å². The lowest BCUT2D eigenvalue weighted by atomic mass is 9.92. The van der Waals surface area contributed by atoms with Gasteiger partial charge in [-0.15, -0.1) is 0 Å². The van der Waals surface area contributed by atoms with Crippen molar-refractivity contribution in [1.82, 2.24) is 9.78 Å². The zero-order valence-electron chi connectivity index (χ0n) is 24.0. The van der Waals surface area contributed by atoms with Crippen molar-refractivity contribution in [3.8, 4) is 11.8 Å². The summed E-state index contributed by atoms with van der Waals surface area (Å²) in [6.07, 6.45) is 3.59. The standard InChI is InChI=1S/C31H31N7O3S/c1-31(2,19-32)27-18-28(38(37-27)21-12-8-7-9-13-21)36-30(39)35-20-11-10-14-22(15-20)42-29(34-4)23-16-25(40-5)26(41-6)17-24(23)33-3/h7-18H,4H2,1-3,5-6H3,(H2,35,36,39)/b29-23+,33-24?. The van der Waals surface area contributed by atoms with Crippen LogP contribution in [-0.4, -0.2) is 49.5 Å². The van der Waals surface area contributed by atoms with Crippen LogP contribution in [0.4, 0.5) is 16.3 Å². The average Bonchev–Trinajstić information content (AvgIpc) is 3.44. The second-order valence-electron chi connectivity index (χ2n) is 9.52. The van der Waals surface area contributed by atoms with Gasteiger partial charge in [0.2, 0.25) is 0 Å². The fourth-order valence-electron chi connectivity index (χ4n) is 4.02. The predicted molar refractivity (Wildman–Crippen MR) is 167 cm³/mol. The van der Waals surface area contributed by atoms with E-state index in [1.807, 2.05) is 54.6 Å². The molecule has 1 heterocycles. The van der Waals surface area contributed by atoms with E-state index in [0.29, 0.717) is 39.5 Å². The number of anilines is 2. The number of urea groups is 1. The Kier molecular flexibility index (Phi) is 9.29. The third-order valence-corrected chi connectivity index (χ3v) is 7.33. The normalized spacial score (nSPS) is 15.2. The van der Waals surface area contributed by atoms with E-state index in [1.165, 1.54) is 11.8 Å². The highest BCUT2D eigenvalue weighted by molar-refractivity contribution is 8.03. The van der Waals surface area contributed by atoms with E-state index in [9.17, 15) is 10.1 Å². The minimum atomic E-state index is -0.843. The number of nitrogens with one attached hydrogen (secondary N) is 2. The first kappa shape index (κ1) is 29.9. The number of nitriles is 1. The van der Waals surface area contributed by atoms with Gasteiger partial charge in [0.25, 0.3) is 0 Å². The molecule has 3 aromatic rings. The van der Waals surface area contributed by atoms with Crippen molar-refractivity contribution in [2.45, 2.75) is 24.2 Å². The van der Waals surface area contributed by atoms with E-state index in [0.717, 1.165) is 16.2 Å². The molecular formula is C31H31N7O3S. The minimum absolute atomic E-state index is 0.429. The summed E-state index contributed by atoms with van der Waals surface area (Å²) in [7, 11) is 4.82. The number of methoxy groups -OCH3 is 2. The van der Waals surface area contributed by atoms with Crippen LogP contribution < -0.4 is 10.6 Å². The number of thioether (sulfide) groups is 1. The molecule has 2 N–H and O–H groups in total. The quantitative estimate of drug-likeness (QED) is 0.220. The van der Waals surface area contributed by atoms with Gasteiger partial charge in [0.1, 0.15) is 10.8 Å². The first-order valence-electron chi connectivity index (χ1n) is 12.9. The van der Waals surface area contributed by atoms with Gasteiger partial charge < -0.3 is 14.8 Å². The topological polar surface area (TPSA) is 126 Å². The van der Waals surface area contributed by atoms with Gasteiger partial charge in [-0.1, -0.05) is 36.0 Å². The highest BCUT2D eigenvalue weighted by Gasteiger charge is 2.26. The molecule has 2 amide bonds. The Bertz CT molecular complexity index is 1660. The zero-order chi connectivity index (χ0) is 30.3. The van der Waals surface area contributed by atoms with E-state index < -0.39 is 11.4 Å². The number of hydrogen-bond donors (Lipinski definition) is 2. The molecule has 42 heavy (non-hydrogen) atoms. The minimum Gasteiger partial charge on any atom is -0.493 e. The predicted octanol–water partition coefficient (Wildman–Crippen LogP) is 6.47. The maximum atomic E-state index is 13.1. The van der Waals surface area contributed by atoms with Gasteiger partial charge in [-0.25, -0.2) is 9.48 Å². The number of nitrogens with zero attached hydrogens (tertiary/aromatic N) is 5. The van der Waals surface area contributed by atoms with Crippen molar-refractivity contribution in [3.63, 3.8) is 0 Å². The Morgan fingerprint density at radius 2 is 1.76 bits per heavy atom. The molecule has 0 saturated heterocycles. The summed E-state index contributed by atoms with van der Waals surface area (Å²) in [5, 5.41) is 20.6. The molecule has 0 radical (unpaired) electrons. The maximum Gasteiger partial charge on any atom is 0.324 e. The van der Waals surface area contributed by atoms with Crippen molar-refractivity contribution < 1.29 is 14.3 Å². The van der Waals surface area contributed by atoms with E-state index in [-0.39, 0.29) is 0 Å². The second kappa shape index (κ2) is 13.1. The molecule has 1 aliphatic rings. The lowest BCUT2D eigenvalue weighted by Gasteiger charge is -2.18. The number of hydrogen-bond acceptors (Lipinski definition) is 8. The number of amides is 2. The molecule has 1 aliphatic carbocycles. The Morgan fingerprint density at radius 1 is 1.05 bits per heavy atom. The molecule has 0 spiro atoms. The van der Waals surface area contributed by atoms with Gasteiger partial charge in [0.15, 0.2) is 11.5 Å². The van der Waals surface area contributed by atoms with Gasteiger partial charge in [-0.05, 0) is 57.0 Å². The maximum absolute atomic E-state index is 13.1. The molecule has 1 aromatic heterocycles. The molecule has 11 heteroatoms.